The molecule has 3 nitrogen and oxygen atoms in total. The number of rotatable bonds is 1. The Morgan fingerprint density at radius 1 is 1.20 bits per heavy atom. The Morgan fingerprint density at radius 2 is 1.85 bits per heavy atom. The van der Waals surface area contributed by atoms with Crippen LogP contribution < -0.4 is 0 Å². The highest BCUT2D eigenvalue weighted by atomic mass is 32.2. The van der Waals surface area contributed by atoms with Gasteiger partial charge in [0.2, 0.25) is 0 Å². The quantitative estimate of drug-likeness (QED) is 0.747. The van der Waals surface area contributed by atoms with Crippen LogP contribution in [0.4, 0.5) is 13.2 Å². The van der Waals surface area contributed by atoms with Crippen LogP contribution in [0, 0.1) is 0 Å². The second kappa shape index (κ2) is 5.04. The van der Waals surface area contributed by atoms with Gasteiger partial charge in [-0.2, -0.15) is 13.2 Å². The average Bonchev–Trinajstić information content (AvgIpc) is 2.69. The molecule has 0 N–H and O–H groups in total. The molecule has 2 rings (SSSR count). The second-order valence-electron chi connectivity index (χ2n) is 5.59. The zero-order chi connectivity index (χ0) is 15.1. The maximum atomic E-state index is 12.6. The summed E-state index contributed by atoms with van der Waals surface area (Å²) in [6.07, 6.45) is -3.56. The molecule has 0 radical (unpaired) electrons. The third kappa shape index (κ3) is 3.15. The lowest BCUT2D eigenvalue weighted by Crippen LogP contribution is -2.26. The number of fused-ring (bicyclic) bond motifs is 1. The summed E-state index contributed by atoms with van der Waals surface area (Å²) in [5.74, 6) is 0. The number of pyridine rings is 1. The number of nitrogens with zero attached hydrogens (tertiary/aromatic N) is 2. The molecule has 0 bridgehead atoms. The predicted molar refractivity (Wildman–Crippen MR) is 72.0 cm³/mol. The smallest absolute Gasteiger partial charge is 0.433 e. The molecule has 1 aliphatic carbocycles. The molecule has 0 amide bonds. The number of aromatic nitrogens is 1. The van der Waals surface area contributed by atoms with E-state index in [9.17, 15) is 17.7 Å². The molecule has 1 aliphatic rings. The van der Waals surface area contributed by atoms with E-state index in [2.05, 4.69) is 9.38 Å². The third-order valence-electron chi connectivity index (χ3n) is 2.89. The topological polar surface area (TPSA) is 48.3 Å². The van der Waals surface area contributed by atoms with Gasteiger partial charge in [-0.25, -0.2) is 4.98 Å². The van der Waals surface area contributed by atoms with Crippen molar-refractivity contribution in [3.8, 4) is 0 Å². The van der Waals surface area contributed by atoms with Gasteiger partial charge in [-0.1, -0.05) is 4.40 Å². The Balaban J connectivity index is 2.33. The van der Waals surface area contributed by atoms with E-state index in [1.165, 1.54) is 6.07 Å². The molecular formula is C13H15F3N2OS. The number of halogens is 3. The van der Waals surface area contributed by atoms with Crippen molar-refractivity contribution in [1.29, 1.82) is 0 Å². The maximum absolute atomic E-state index is 12.6. The Labute approximate surface area is 118 Å². The molecule has 0 fully saturated rings. The molecule has 0 spiro atoms. The highest BCUT2D eigenvalue weighted by Gasteiger charge is 2.35. The van der Waals surface area contributed by atoms with Crippen LogP contribution in [0.2, 0.25) is 0 Å². The first-order valence-corrected chi connectivity index (χ1v) is 7.27. The summed E-state index contributed by atoms with van der Waals surface area (Å²) in [6, 6.07) is 2.32. The summed E-state index contributed by atoms with van der Waals surface area (Å²) in [7, 11) is 0. The third-order valence-corrected chi connectivity index (χ3v) is 4.33. The molecule has 1 atom stereocenters. The molecule has 1 heterocycles. The molecule has 0 saturated heterocycles. The number of hydrogen-bond donors (Lipinski definition) is 0. The first-order valence-electron chi connectivity index (χ1n) is 6.16. The summed E-state index contributed by atoms with van der Waals surface area (Å²) in [5, 5.41) is 0. The standard InChI is InChI=1S/C13H15F3N2OS/c1-12(2,3)20(19)18-10-6-5-9-8(10)4-7-11(17-9)13(14,15)16/h4,7H,5-6H2,1-3H3/b18-10-/t20-/m1/s1. The monoisotopic (exact) mass is 304 g/mol. The van der Waals surface area contributed by atoms with Crippen molar-refractivity contribution < 1.29 is 17.7 Å². The summed E-state index contributed by atoms with van der Waals surface area (Å²) in [5.41, 5.74) is 0.643. The van der Waals surface area contributed by atoms with Crippen LogP contribution in [0.1, 0.15) is 44.1 Å². The van der Waals surface area contributed by atoms with Gasteiger partial charge in [-0.05, 0) is 39.3 Å². The van der Waals surface area contributed by atoms with Gasteiger partial charge in [0.1, 0.15) is 27.5 Å². The van der Waals surface area contributed by atoms with Crippen LogP contribution in [0.3, 0.4) is 0 Å². The van der Waals surface area contributed by atoms with Crippen molar-refractivity contribution in [3.63, 3.8) is 0 Å². The second-order valence-corrected chi connectivity index (χ2v) is 7.49. The fourth-order valence-electron chi connectivity index (χ4n) is 1.82. The van der Waals surface area contributed by atoms with Gasteiger partial charge >= 0.3 is 6.18 Å². The van der Waals surface area contributed by atoms with Gasteiger partial charge in [0.05, 0.1) is 5.69 Å². The fourth-order valence-corrected chi connectivity index (χ4v) is 2.48. The van der Waals surface area contributed by atoms with Gasteiger partial charge in [0.15, 0.2) is 0 Å². The molecule has 7 heteroatoms. The van der Waals surface area contributed by atoms with Crippen molar-refractivity contribution in [2.75, 3.05) is 0 Å². The van der Waals surface area contributed by atoms with Crippen LogP contribution in [0.15, 0.2) is 16.5 Å². The Bertz CT molecular complexity index is 550. The zero-order valence-corrected chi connectivity index (χ0v) is 12.2. The van der Waals surface area contributed by atoms with Gasteiger partial charge in [0, 0.05) is 12.0 Å². The highest BCUT2D eigenvalue weighted by Crippen LogP contribution is 2.31. The number of aryl methyl sites for hydroxylation is 1. The van der Waals surface area contributed by atoms with Crippen LogP contribution >= 0.6 is 0 Å². The lowest BCUT2D eigenvalue weighted by molar-refractivity contribution is -0.141. The Morgan fingerprint density at radius 3 is 2.40 bits per heavy atom. The van der Waals surface area contributed by atoms with Crippen molar-refractivity contribution in [3.05, 3.63) is 29.1 Å². The van der Waals surface area contributed by atoms with Gasteiger partial charge < -0.3 is 4.55 Å². The first kappa shape index (κ1) is 15.3. The van der Waals surface area contributed by atoms with Crippen molar-refractivity contribution in [1.82, 2.24) is 4.98 Å². The molecule has 20 heavy (non-hydrogen) atoms. The summed E-state index contributed by atoms with van der Waals surface area (Å²) < 4.78 is 53.4. The Kier molecular flexibility index (Phi) is 3.85. The van der Waals surface area contributed by atoms with E-state index in [-0.39, 0.29) is 0 Å². The fraction of sp³-hybridized carbons (Fsp3) is 0.538. The van der Waals surface area contributed by atoms with E-state index < -0.39 is 28.0 Å². The van der Waals surface area contributed by atoms with Crippen molar-refractivity contribution in [2.45, 2.75) is 44.5 Å². The highest BCUT2D eigenvalue weighted by molar-refractivity contribution is 7.91. The van der Waals surface area contributed by atoms with Gasteiger partial charge in [-0.3, -0.25) is 0 Å². The molecule has 110 valence electrons. The van der Waals surface area contributed by atoms with Crippen molar-refractivity contribution in [2.24, 2.45) is 4.40 Å². The van der Waals surface area contributed by atoms with Crippen LogP contribution in [-0.2, 0) is 24.0 Å². The minimum Gasteiger partial charge on any atom is -0.591 e. The minimum absolute atomic E-state index is 0.379. The lowest BCUT2D eigenvalue weighted by Gasteiger charge is -2.18. The summed E-state index contributed by atoms with van der Waals surface area (Å²) >= 11 is -1.42. The average molecular weight is 304 g/mol. The van der Waals surface area contributed by atoms with E-state index >= 15 is 0 Å². The minimum atomic E-state index is -4.44. The largest absolute Gasteiger partial charge is 0.591 e. The molecule has 1 aromatic heterocycles. The van der Waals surface area contributed by atoms with Crippen LogP contribution in [-0.4, -0.2) is 20.0 Å². The predicted octanol–water partition coefficient (Wildman–Crippen LogP) is 3.30. The van der Waals surface area contributed by atoms with E-state index in [1.54, 1.807) is 20.8 Å². The number of hydrogen-bond acceptors (Lipinski definition) is 3. The zero-order valence-electron chi connectivity index (χ0n) is 11.4. The first-order chi connectivity index (χ1) is 9.09. The molecule has 0 saturated carbocycles. The summed E-state index contributed by atoms with van der Waals surface area (Å²) in [6.45, 7) is 5.40. The van der Waals surface area contributed by atoms with E-state index in [0.29, 0.717) is 29.8 Å². The Hall–Kier alpha value is -1.08. The molecule has 0 aliphatic heterocycles. The van der Waals surface area contributed by atoms with E-state index in [0.717, 1.165) is 6.07 Å². The number of alkyl halides is 3. The van der Waals surface area contributed by atoms with Gasteiger partial charge in [0.25, 0.3) is 0 Å². The van der Waals surface area contributed by atoms with Crippen LogP contribution in [0.5, 0.6) is 0 Å². The molecule has 1 aromatic rings. The maximum Gasteiger partial charge on any atom is 0.433 e. The van der Waals surface area contributed by atoms with Crippen molar-refractivity contribution >= 4 is 17.1 Å². The van der Waals surface area contributed by atoms with E-state index in [1.807, 2.05) is 0 Å². The lowest BCUT2D eigenvalue weighted by atomic mass is 10.2. The SMILES string of the molecule is CC(C)(C)[S@@+]([O-])/N=C1/CCc2nc(C(F)(F)F)ccc21. The normalized spacial score (nSPS) is 19.2. The molecule has 0 unspecified atom stereocenters. The molecular weight excluding hydrogens is 289 g/mol. The van der Waals surface area contributed by atoms with Gasteiger partial charge in [-0.15, -0.1) is 0 Å². The molecule has 0 aromatic carbocycles. The van der Waals surface area contributed by atoms with Crippen LogP contribution in [0.25, 0.3) is 0 Å². The van der Waals surface area contributed by atoms with E-state index in [4.69, 9.17) is 0 Å². The summed E-state index contributed by atoms with van der Waals surface area (Å²) in [4.78, 5) is 3.64.